The van der Waals surface area contributed by atoms with Crippen molar-refractivity contribution >= 4 is 5.91 Å². The fourth-order valence-corrected chi connectivity index (χ4v) is 15.3. The quantitative estimate of drug-likeness (QED) is 0.0199. The molecule has 3 heterocycles. The Balaban J connectivity index is 1.34. The van der Waals surface area contributed by atoms with Gasteiger partial charge in [-0.3, -0.25) is 4.79 Å². The molecule has 12 N–H and O–H groups in total. The summed E-state index contributed by atoms with van der Waals surface area (Å²) in [4.78, 5) is 13.5. The van der Waals surface area contributed by atoms with Gasteiger partial charge in [0, 0.05) is 6.42 Å². The normalized spacial score (nSPS) is 25.9. The van der Waals surface area contributed by atoms with Gasteiger partial charge in [0.2, 0.25) is 5.91 Å². The number of aliphatic hydroxyl groups excluding tert-OH is 11. The largest absolute Gasteiger partial charge is 0.394 e. The molecule has 3 aliphatic rings. The highest BCUT2D eigenvalue weighted by molar-refractivity contribution is 5.76. The van der Waals surface area contributed by atoms with Crippen LogP contribution >= 0.6 is 0 Å². The first-order chi connectivity index (χ1) is 50.8. The third kappa shape index (κ3) is 45.1. The summed E-state index contributed by atoms with van der Waals surface area (Å²) in [5.41, 5.74) is 0. The van der Waals surface area contributed by atoms with E-state index in [1.807, 2.05) is 6.08 Å². The molecule has 19 heteroatoms. The first kappa shape index (κ1) is 96.7. The highest BCUT2D eigenvalue weighted by Gasteiger charge is 2.54. The highest BCUT2D eigenvalue weighted by Crippen LogP contribution is 2.34. The van der Waals surface area contributed by atoms with Crippen LogP contribution in [0.3, 0.4) is 0 Å². The van der Waals surface area contributed by atoms with E-state index >= 15 is 0 Å². The summed E-state index contributed by atoms with van der Waals surface area (Å²) in [6.07, 6.45) is 53.6. The molecule has 104 heavy (non-hydrogen) atoms. The molecule has 3 saturated heterocycles. The van der Waals surface area contributed by atoms with E-state index in [2.05, 4.69) is 19.2 Å². The molecule has 0 aromatic carbocycles. The van der Waals surface area contributed by atoms with Gasteiger partial charge in [-0.15, -0.1) is 0 Å². The van der Waals surface area contributed by atoms with Crippen molar-refractivity contribution in [3.63, 3.8) is 0 Å². The van der Waals surface area contributed by atoms with E-state index in [4.69, 9.17) is 28.4 Å². The van der Waals surface area contributed by atoms with Crippen LogP contribution in [0.15, 0.2) is 12.2 Å². The van der Waals surface area contributed by atoms with Crippen LogP contribution in [0.25, 0.3) is 0 Å². The van der Waals surface area contributed by atoms with Crippen LogP contribution in [0.2, 0.25) is 0 Å². The first-order valence-electron chi connectivity index (χ1n) is 43.9. The van der Waals surface area contributed by atoms with Gasteiger partial charge in [-0.2, -0.15) is 0 Å². The van der Waals surface area contributed by atoms with Crippen LogP contribution in [0.5, 0.6) is 0 Å². The van der Waals surface area contributed by atoms with E-state index in [0.29, 0.717) is 6.42 Å². The molecule has 17 atom stereocenters. The molecule has 3 rings (SSSR count). The molecular formula is C85H163NO18. The van der Waals surface area contributed by atoms with E-state index in [0.717, 1.165) is 44.9 Å². The molecule has 1 amide bonds. The average molecular weight is 1490 g/mol. The molecule has 0 aliphatic carbocycles. The van der Waals surface area contributed by atoms with E-state index in [1.165, 1.54) is 321 Å². The number of carbonyl (C=O) groups excluding carboxylic acids is 1. The number of nitrogens with one attached hydrogen (secondary N) is 1. The molecule has 3 fully saturated rings. The molecule has 17 unspecified atom stereocenters. The van der Waals surface area contributed by atoms with E-state index in [9.17, 15) is 61.0 Å². The lowest BCUT2D eigenvalue weighted by Gasteiger charge is -2.48. The maximum Gasteiger partial charge on any atom is 0.220 e. The number of amides is 1. The Hall–Kier alpha value is -1.47. The molecule has 0 radical (unpaired) electrons. The van der Waals surface area contributed by atoms with Crippen molar-refractivity contribution in [1.82, 2.24) is 5.32 Å². The summed E-state index contributed by atoms with van der Waals surface area (Å²) >= 11 is 0. The summed E-state index contributed by atoms with van der Waals surface area (Å²) in [6, 6.07) is -0.971. The van der Waals surface area contributed by atoms with Crippen molar-refractivity contribution in [2.75, 3.05) is 26.4 Å². The van der Waals surface area contributed by atoms with E-state index in [-0.39, 0.29) is 18.9 Å². The number of hydrogen-bond donors (Lipinski definition) is 12. The summed E-state index contributed by atoms with van der Waals surface area (Å²) in [6.45, 7) is 1.82. The predicted octanol–water partition coefficient (Wildman–Crippen LogP) is 15.9. The lowest BCUT2D eigenvalue weighted by Crippen LogP contribution is -2.66. The second-order valence-electron chi connectivity index (χ2n) is 31.7. The van der Waals surface area contributed by atoms with Crippen molar-refractivity contribution in [2.45, 2.75) is 497 Å². The van der Waals surface area contributed by atoms with Crippen molar-refractivity contribution < 1.29 is 89.4 Å². The van der Waals surface area contributed by atoms with Gasteiger partial charge >= 0.3 is 0 Å². The zero-order chi connectivity index (χ0) is 75.3. The first-order valence-corrected chi connectivity index (χ1v) is 43.9. The molecular weight excluding hydrogens is 1320 g/mol. The summed E-state index contributed by atoms with van der Waals surface area (Å²) in [5, 5.41) is 121. The minimum atomic E-state index is -1.98. The van der Waals surface area contributed by atoms with Crippen LogP contribution in [0, 0.1) is 0 Å². The molecule has 0 spiro atoms. The number of aliphatic hydroxyl groups is 11. The molecule has 19 nitrogen and oxygen atoms in total. The minimum absolute atomic E-state index is 0.250. The van der Waals surface area contributed by atoms with Gasteiger partial charge in [-0.25, -0.2) is 0 Å². The van der Waals surface area contributed by atoms with Crippen molar-refractivity contribution in [1.29, 1.82) is 0 Å². The lowest BCUT2D eigenvalue weighted by atomic mass is 9.96. The third-order valence-electron chi connectivity index (χ3n) is 22.3. The van der Waals surface area contributed by atoms with Crippen LogP contribution in [-0.4, -0.2) is 193 Å². The van der Waals surface area contributed by atoms with Gasteiger partial charge in [0.25, 0.3) is 0 Å². The molecule has 616 valence electrons. The highest BCUT2D eigenvalue weighted by atomic mass is 16.8. The second-order valence-corrected chi connectivity index (χ2v) is 31.7. The topological polar surface area (TPSA) is 307 Å². The lowest BCUT2D eigenvalue weighted by molar-refractivity contribution is -0.379. The van der Waals surface area contributed by atoms with E-state index in [1.54, 1.807) is 6.08 Å². The molecule has 0 aromatic rings. The van der Waals surface area contributed by atoms with Crippen LogP contribution in [-0.2, 0) is 33.2 Å². The van der Waals surface area contributed by atoms with Gasteiger partial charge in [0.15, 0.2) is 18.9 Å². The molecule has 0 saturated carbocycles. The molecule has 3 aliphatic heterocycles. The zero-order valence-electron chi connectivity index (χ0n) is 66.3. The Bertz CT molecular complexity index is 1920. The fourth-order valence-electron chi connectivity index (χ4n) is 15.3. The number of rotatable bonds is 72. The summed E-state index contributed by atoms with van der Waals surface area (Å²) < 4.78 is 34.5. The minimum Gasteiger partial charge on any atom is -0.394 e. The second kappa shape index (κ2) is 66.2. The fraction of sp³-hybridized carbons (Fsp3) is 0.965. The van der Waals surface area contributed by atoms with Crippen molar-refractivity contribution in [3.8, 4) is 0 Å². The van der Waals surface area contributed by atoms with Gasteiger partial charge in [-0.05, 0) is 19.3 Å². The smallest absolute Gasteiger partial charge is 0.220 e. The van der Waals surface area contributed by atoms with E-state index < -0.39 is 124 Å². The Morgan fingerprint density at radius 3 is 0.904 bits per heavy atom. The van der Waals surface area contributed by atoms with Crippen LogP contribution < -0.4 is 5.32 Å². The maximum atomic E-state index is 13.5. The Kier molecular flexibility index (Phi) is 61.5. The van der Waals surface area contributed by atoms with Gasteiger partial charge in [0.05, 0.1) is 38.6 Å². The summed E-state index contributed by atoms with van der Waals surface area (Å²) in [7, 11) is 0. The molecule has 0 bridgehead atoms. The SMILES string of the molecule is CCCCCCCCCCCCCCCCCCCCCCCCCCCC/C=C/C(O)C(COC1OC(CO)C(OC2OC(CO)C(OC3OC(CO)C(O)C(O)C3O)C(O)C2O)C(O)C1O)NC(=O)CCCCCCCCCCCCCCCCCCCCCCCCCCCCCCCCC. The van der Waals surface area contributed by atoms with Crippen molar-refractivity contribution in [2.24, 2.45) is 0 Å². The number of unbranched alkanes of at least 4 members (excludes halogenated alkanes) is 56. The van der Waals surface area contributed by atoms with Gasteiger partial charge in [0.1, 0.15) is 73.2 Å². The van der Waals surface area contributed by atoms with Crippen molar-refractivity contribution in [3.05, 3.63) is 12.2 Å². The number of allylic oxidation sites excluding steroid dienone is 1. The Labute approximate surface area is 633 Å². The number of carbonyl (C=O) groups is 1. The van der Waals surface area contributed by atoms with Gasteiger partial charge < -0.3 is 89.9 Å². The Morgan fingerprint density at radius 1 is 0.337 bits per heavy atom. The zero-order valence-corrected chi connectivity index (χ0v) is 66.3. The van der Waals surface area contributed by atoms with Gasteiger partial charge in [-0.1, -0.05) is 379 Å². The summed E-state index contributed by atoms with van der Waals surface area (Å²) in [5.74, 6) is -0.265. The van der Waals surface area contributed by atoms with Crippen LogP contribution in [0.4, 0.5) is 0 Å². The predicted molar refractivity (Wildman–Crippen MR) is 416 cm³/mol. The standard InChI is InChI=1S/C85H163NO18/c1-3-5-7-9-11-13-15-17-19-21-23-25-27-29-31-33-34-35-37-39-41-43-45-47-49-51-53-55-57-59-61-63-73(91)86-68(69(90)62-60-58-56-54-52-50-48-46-44-42-40-38-36-32-30-28-26-24-22-20-18-16-14-12-10-8-6-4-2)67-99-83-79(97)76(94)81(71(65-88)101-83)104-85-80(98)77(95)82(72(66-89)102-85)103-84-78(96)75(93)74(92)70(64-87)100-84/h60,62,68-72,74-85,87-90,92-98H,3-59,61,63-67H2,1-2H3,(H,86,91)/b62-60+. The number of hydrogen-bond acceptors (Lipinski definition) is 18. The monoisotopic (exact) mass is 1490 g/mol. The average Bonchev–Trinajstić information content (AvgIpc) is 0.783. The molecule has 0 aromatic heterocycles. The van der Waals surface area contributed by atoms with Crippen LogP contribution in [0.1, 0.15) is 393 Å². The number of ether oxygens (including phenoxy) is 6. The maximum absolute atomic E-state index is 13.5. The third-order valence-corrected chi connectivity index (χ3v) is 22.3. The Morgan fingerprint density at radius 2 is 0.596 bits per heavy atom.